The van der Waals surface area contributed by atoms with Gasteiger partial charge in [0.1, 0.15) is 6.10 Å². The van der Waals surface area contributed by atoms with E-state index in [2.05, 4.69) is 9.97 Å². The van der Waals surface area contributed by atoms with Crippen LogP contribution in [0.15, 0.2) is 53.3 Å². The SMILES string of the molecule is CC(Oc1nc2ccc(N)cc2c(=O)[nH]1)c1ccccc1. The van der Waals surface area contributed by atoms with Crippen molar-refractivity contribution in [3.05, 3.63) is 64.4 Å². The largest absolute Gasteiger partial charge is 0.457 e. The first-order chi connectivity index (χ1) is 10.1. The van der Waals surface area contributed by atoms with E-state index in [4.69, 9.17) is 10.5 Å². The molecule has 0 bridgehead atoms. The number of anilines is 1. The molecule has 1 heterocycles. The first-order valence-corrected chi connectivity index (χ1v) is 6.64. The molecule has 0 aliphatic rings. The predicted octanol–water partition coefficient (Wildman–Crippen LogP) is 2.65. The minimum absolute atomic E-state index is 0.202. The molecule has 21 heavy (non-hydrogen) atoms. The van der Waals surface area contributed by atoms with Crippen molar-refractivity contribution in [3.63, 3.8) is 0 Å². The van der Waals surface area contributed by atoms with Gasteiger partial charge in [-0.1, -0.05) is 30.3 Å². The summed E-state index contributed by atoms with van der Waals surface area (Å²) >= 11 is 0. The highest BCUT2D eigenvalue weighted by Gasteiger charge is 2.10. The van der Waals surface area contributed by atoms with Gasteiger partial charge < -0.3 is 10.5 Å². The molecule has 3 rings (SSSR count). The van der Waals surface area contributed by atoms with Gasteiger partial charge in [0.15, 0.2) is 0 Å². The van der Waals surface area contributed by atoms with Crippen molar-refractivity contribution in [2.75, 3.05) is 5.73 Å². The fourth-order valence-corrected chi connectivity index (χ4v) is 2.15. The number of nitrogens with zero attached hydrogens (tertiary/aromatic N) is 1. The smallest absolute Gasteiger partial charge is 0.297 e. The topological polar surface area (TPSA) is 81.0 Å². The predicted molar refractivity (Wildman–Crippen MR) is 82.3 cm³/mol. The molecule has 0 aliphatic heterocycles. The number of fused-ring (bicyclic) bond motifs is 1. The Kier molecular flexibility index (Phi) is 3.31. The Hall–Kier alpha value is -2.82. The van der Waals surface area contributed by atoms with Crippen LogP contribution in [0.2, 0.25) is 0 Å². The summed E-state index contributed by atoms with van der Waals surface area (Å²) in [4.78, 5) is 19.0. The first-order valence-electron chi connectivity index (χ1n) is 6.64. The third-order valence-electron chi connectivity index (χ3n) is 3.27. The zero-order valence-corrected chi connectivity index (χ0v) is 11.5. The fourth-order valence-electron chi connectivity index (χ4n) is 2.15. The number of rotatable bonds is 3. The van der Waals surface area contributed by atoms with E-state index in [1.165, 1.54) is 0 Å². The highest BCUT2D eigenvalue weighted by Crippen LogP contribution is 2.19. The highest BCUT2D eigenvalue weighted by atomic mass is 16.5. The summed E-state index contributed by atoms with van der Waals surface area (Å²) < 4.78 is 5.72. The lowest BCUT2D eigenvalue weighted by molar-refractivity contribution is 0.207. The van der Waals surface area contributed by atoms with Gasteiger partial charge in [0.2, 0.25) is 0 Å². The number of aromatic nitrogens is 2. The minimum Gasteiger partial charge on any atom is -0.457 e. The monoisotopic (exact) mass is 281 g/mol. The first kappa shape index (κ1) is 13.2. The van der Waals surface area contributed by atoms with E-state index in [0.717, 1.165) is 5.56 Å². The Morgan fingerprint density at radius 2 is 1.95 bits per heavy atom. The molecule has 0 spiro atoms. The van der Waals surface area contributed by atoms with E-state index < -0.39 is 0 Å². The number of benzene rings is 2. The number of nitrogens with two attached hydrogens (primary N) is 1. The molecule has 0 saturated heterocycles. The second kappa shape index (κ2) is 5.28. The third kappa shape index (κ3) is 2.72. The summed E-state index contributed by atoms with van der Waals surface area (Å²) in [6.45, 7) is 1.91. The van der Waals surface area contributed by atoms with Gasteiger partial charge in [-0.2, -0.15) is 4.98 Å². The number of nitrogen functional groups attached to an aromatic ring is 1. The molecule has 1 atom stereocenters. The van der Waals surface area contributed by atoms with Gasteiger partial charge in [-0.3, -0.25) is 9.78 Å². The Morgan fingerprint density at radius 3 is 2.71 bits per heavy atom. The van der Waals surface area contributed by atoms with Gasteiger partial charge >= 0.3 is 0 Å². The van der Waals surface area contributed by atoms with Gasteiger partial charge in [0.05, 0.1) is 10.9 Å². The molecular weight excluding hydrogens is 266 g/mol. The number of H-pyrrole nitrogens is 1. The van der Waals surface area contributed by atoms with Crippen LogP contribution >= 0.6 is 0 Å². The summed E-state index contributed by atoms with van der Waals surface area (Å²) in [5.74, 6) is 0. The zero-order valence-electron chi connectivity index (χ0n) is 11.5. The van der Waals surface area contributed by atoms with Crippen LogP contribution in [0.25, 0.3) is 10.9 Å². The van der Waals surface area contributed by atoms with Crippen LogP contribution in [-0.4, -0.2) is 9.97 Å². The molecule has 106 valence electrons. The van der Waals surface area contributed by atoms with Crippen molar-refractivity contribution >= 4 is 16.6 Å². The van der Waals surface area contributed by atoms with Crippen LogP contribution in [0.5, 0.6) is 6.01 Å². The molecule has 5 heteroatoms. The lowest BCUT2D eigenvalue weighted by Crippen LogP contribution is -2.13. The summed E-state index contributed by atoms with van der Waals surface area (Å²) in [5.41, 5.74) is 7.51. The maximum Gasteiger partial charge on any atom is 0.297 e. The van der Waals surface area contributed by atoms with Crippen LogP contribution < -0.4 is 16.0 Å². The average molecular weight is 281 g/mol. The van der Waals surface area contributed by atoms with E-state index in [1.54, 1.807) is 18.2 Å². The number of nitrogens with one attached hydrogen (secondary N) is 1. The van der Waals surface area contributed by atoms with Crippen molar-refractivity contribution in [3.8, 4) is 6.01 Å². The summed E-state index contributed by atoms with van der Waals surface area (Å²) in [5, 5.41) is 0.453. The Morgan fingerprint density at radius 1 is 1.19 bits per heavy atom. The maximum atomic E-state index is 12.0. The molecule has 3 aromatic rings. The van der Waals surface area contributed by atoms with E-state index in [-0.39, 0.29) is 17.7 Å². The molecule has 2 aromatic carbocycles. The van der Waals surface area contributed by atoms with Gasteiger partial charge in [-0.25, -0.2) is 0 Å². The number of ether oxygens (including phenoxy) is 1. The molecular formula is C16H15N3O2. The number of hydrogen-bond acceptors (Lipinski definition) is 4. The Bertz CT molecular complexity index is 828. The molecule has 3 N–H and O–H groups in total. The lowest BCUT2D eigenvalue weighted by Gasteiger charge is -2.14. The average Bonchev–Trinajstić information content (AvgIpc) is 2.49. The standard InChI is InChI=1S/C16H15N3O2/c1-10(11-5-3-2-4-6-11)21-16-18-14-8-7-12(17)9-13(14)15(20)19-16/h2-10H,17H2,1H3,(H,18,19,20). The summed E-state index contributed by atoms with van der Waals surface area (Å²) in [7, 11) is 0. The molecule has 0 amide bonds. The van der Waals surface area contributed by atoms with Crippen molar-refractivity contribution < 1.29 is 4.74 Å². The van der Waals surface area contributed by atoms with Gasteiger partial charge in [0.25, 0.3) is 11.6 Å². The zero-order chi connectivity index (χ0) is 14.8. The van der Waals surface area contributed by atoms with Crippen LogP contribution in [-0.2, 0) is 0 Å². The van der Waals surface area contributed by atoms with Gasteiger partial charge in [0, 0.05) is 5.69 Å². The molecule has 5 nitrogen and oxygen atoms in total. The molecule has 0 fully saturated rings. The fraction of sp³-hybridized carbons (Fsp3) is 0.125. The molecule has 0 radical (unpaired) electrons. The second-order valence-corrected chi connectivity index (χ2v) is 4.82. The van der Waals surface area contributed by atoms with E-state index in [9.17, 15) is 4.79 Å². The number of hydrogen-bond donors (Lipinski definition) is 2. The van der Waals surface area contributed by atoms with Crippen molar-refractivity contribution in [1.82, 2.24) is 9.97 Å². The minimum atomic E-state index is -0.262. The molecule has 1 unspecified atom stereocenters. The summed E-state index contributed by atoms with van der Waals surface area (Å²) in [6.07, 6.45) is -0.208. The van der Waals surface area contributed by atoms with Crippen molar-refractivity contribution in [2.24, 2.45) is 0 Å². The molecule has 0 saturated carbocycles. The highest BCUT2D eigenvalue weighted by molar-refractivity contribution is 5.81. The Balaban J connectivity index is 1.95. The van der Waals surface area contributed by atoms with E-state index >= 15 is 0 Å². The second-order valence-electron chi connectivity index (χ2n) is 4.82. The molecule has 1 aromatic heterocycles. The van der Waals surface area contributed by atoms with Crippen LogP contribution in [0, 0.1) is 0 Å². The lowest BCUT2D eigenvalue weighted by atomic mass is 10.1. The summed E-state index contributed by atoms with van der Waals surface area (Å²) in [6, 6.07) is 15.0. The van der Waals surface area contributed by atoms with Crippen LogP contribution in [0.1, 0.15) is 18.6 Å². The van der Waals surface area contributed by atoms with Crippen molar-refractivity contribution in [1.29, 1.82) is 0 Å². The maximum absolute atomic E-state index is 12.0. The van der Waals surface area contributed by atoms with E-state index in [1.807, 2.05) is 37.3 Å². The quantitative estimate of drug-likeness (QED) is 0.723. The molecule has 0 aliphatic carbocycles. The normalized spacial score (nSPS) is 12.2. The van der Waals surface area contributed by atoms with Gasteiger partial charge in [-0.05, 0) is 30.7 Å². The van der Waals surface area contributed by atoms with E-state index in [0.29, 0.717) is 16.6 Å². The third-order valence-corrected chi connectivity index (χ3v) is 3.27. The van der Waals surface area contributed by atoms with Crippen molar-refractivity contribution in [2.45, 2.75) is 13.0 Å². The Labute approximate surface area is 121 Å². The van der Waals surface area contributed by atoms with Crippen LogP contribution in [0.3, 0.4) is 0 Å². The van der Waals surface area contributed by atoms with Gasteiger partial charge in [-0.15, -0.1) is 0 Å². The number of aromatic amines is 1. The van der Waals surface area contributed by atoms with Crippen LogP contribution in [0.4, 0.5) is 5.69 Å².